The summed E-state index contributed by atoms with van der Waals surface area (Å²) in [6, 6.07) is 0. The van der Waals surface area contributed by atoms with E-state index < -0.39 is 76.8 Å². The number of likely N-dealkylation sites (N-methyl/N-ethyl adjacent to an activating group) is 1. The summed E-state index contributed by atoms with van der Waals surface area (Å²) in [6.07, 6.45) is -9.73. The molecule has 0 fully saturated rings. The van der Waals surface area contributed by atoms with Crippen LogP contribution in [-0.2, 0) is 29.2 Å². The minimum absolute atomic E-state index is 0.346. The zero-order valence-corrected chi connectivity index (χ0v) is 18.0. The average molecular weight is 523 g/mol. The maximum absolute atomic E-state index is 13.8. The number of halogens is 8. The Bertz CT molecular complexity index is 827. The summed E-state index contributed by atoms with van der Waals surface area (Å²) in [6.45, 7) is 2.93. The van der Waals surface area contributed by atoms with Crippen LogP contribution in [0.25, 0.3) is 0 Å². The molecule has 0 bridgehead atoms. The number of carbonyl (C=O) groups excluding carboxylic acids is 2. The second-order valence-corrected chi connectivity index (χ2v) is 7.85. The van der Waals surface area contributed by atoms with Crippen LogP contribution >= 0.6 is 0 Å². The van der Waals surface area contributed by atoms with Gasteiger partial charge in [0.1, 0.15) is 0 Å². The fourth-order valence-electron chi connectivity index (χ4n) is 2.30. The Hall–Kier alpha value is -2.01. The molecule has 1 N–H and O–H groups in total. The summed E-state index contributed by atoms with van der Waals surface area (Å²) in [5.41, 5.74) is 0. The second-order valence-electron chi connectivity index (χ2n) is 6.39. The third kappa shape index (κ3) is 6.99. The summed E-state index contributed by atoms with van der Waals surface area (Å²) in [5, 5.41) is -5.88. The first-order valence-electron chi connectivity index (χ1n) is 9.02. The van der Waals surface area contributed by atoms with Gasteiger partial charge in [-0.25, -0.2) is 4.79 Å². The van der Waals surface area contributed by atoms with Gasteiger partial charge in [0.2, 0.25) is 5.83 Å². The summed E-state index contributed by atoms with van der Waals surface area (Å²) < 4.78 is 145. The first-order chi connectivity index (χ1) is 14.7. The van der Waals surface area contributed by atoms with Crippen LogP contribution in [0.5, 0.6) is 0 Å². The lowest BCUT2D eigenvalue weighted by Crippen LogP contribution is -2.62. The number of carbonyl (C=O) groups is 2. The molecular formula is C16H21F8NO7S. The van der Waals surface area contributed by atoms with Gasteiger partial charge in [-0.2, -0.15) is 43.5 Å². The number of hydrogen-bond acceptors (Lipinski definition) is 6. The summed E-state index contributed by atoms with van der Waals surface area (Å²) in [5.74, 6) is -16.0. The zero-order valence-electron chi connectivity index (χ0n) is 17.2. The first kappa shape index (κ1) is 31.0. The largest absolute Gasteiger partial charge is 0.466 e. The molecule has 1 amide bonds. The Kier molecular flexibility index (Phi) is 10.3. The molecule has 1 unspecified atom stereocenters. The van der Waals surface area contributed by atoms with Crippen molar-refractivity contribution in [2.45, 2.75) is 56.3 Å². The van der Waals surface area contributed by atoms with Crippen LogP contribution < -0.4 is 0 Å². The Morgan fingerprint density at radius 1 is 1.00 bits per heavy atom. The molecule has 0 heterocycles. The van der Waals surface area contributed by atoms with Crippen molar-refractivity contribution in [1.29, 1.82) is 0 Å². The van der Waals surface area contributed by atoms with Crippen molar-refractivity contribution in [2.24, 2.45) is 0 Å². The molecule has 0 radical (unpaired) electrons. The molecule has 0 spiro atoms. The maximum atomic E-state index is 13.8. The first-order valence-corrected chi connectivity index (χ1v) is 10.5. The van der Waals surface area contributed by atoms with Crippen LogP contribution in [0.15, 0.2) is 12.4 Å². The average Bonchev–Trinajstić information content (AvgIpc) is 2.65. The number of ether oxygens (including phenoxy) is 2. The number of rotatable bonds is 13. The molecule has 0 rings (SSSR count). The van der Waals surface area contributed by atoms with Crippen molar-refractivity contribution in [3.8, 4) is 0 Å². The van der Waals surface area contributed by atoms with Gasteiger partial charge in [0.15, 0.2) is 0 Å². The number of amides is 1. The van der Waals surface area contributed by atoms with E-state index >= 15 is 0 Å². The topological polar surface area (TPSA) is 110 Å². The van der Waals surface area contributed by atoms with Crippen LogP contribution in [0, 0.1) is 0 Å². The molecule has 0 saturated carbocycles. The molecular weight excluding hydrogens is 502 g/mol. The Balaban J connectivity index is 5.70. The predicted molar refractivity (Wildman–Crippen MR) is 94.3 cm³/mol. The van der Waals surface area contributed by atoms with E-state index in [9.17, 15) is 53.1 Å². The van der Waals surface area contributed by atoms with Gasteiger partial charge in [-0.1, -0.05) is 6.58 Å². The normalized spacial score (nSPS) is 15.0. The number of alkyl halides is 7. The highest BCUT2D eigenvalue weighted by molar-refractivity contribution is 7.87. The van der Waals surface area contributed by atoms with Crippen molar-refractivity contribution in [3.63, 3.8) is 0 Å². The second kappa shape index (κ2) is 10.9. The third-order valence-corrected chi connectivity index (χ3v) is 5.05. The van der Waals surface area contributed by atoms with E-state index in [2.05, 4.69) is 16.1 Å². The molecule has 17 heteroatoms. The highest BCUT2D eigenvalue weighted by Crippen LogP contribution is 2.42. The van der Waals surface area contributed by atoms with Gasteiger partial charge in [-0.15, -0.1) is 0 Å². The molecule has 1 atom stereocenters. The fraction of sp³-hybridized carbons (Fsp3) is 0.750. The van der Waals surface area contributed by atoms with Gasteiger partial charge in [-0.05, 0) is 26.7 Å². The number of esters is 1. The molecule has 0 aliphatic rings. The minimum Gasteiger partial charge on any atom is -0.410 e. The van der Waals surface area contributed by atoms with Crippen molar-refractivity contribution in [2.75, 3.05) is 19.7 Å². The highest BCUT2D eigenvalue weighted by Gasteiger charge is 2.68. The molecule has 0 saturated heterocycles. The Labute approximate surface area is 183 Å². The summed E-state index contributed by atoms with van der Waals surface area (Å²) >= 11 is 0. The maximum Gasteiger partial charge on any atom is 0.466 e. The van der Waals surface area contributed by atoms with E-state index in [4.69, 9.17) is 4.55 Å². The third-order valence-electron chi connectivity index (χ3n) is 4.10. The van der Waals surface area contributed by atoms with Crippen LogP contribution in [0.1, 0.15) is 33.1 Å². The monoisotopic (exact) mass is 523 g/mol. The van der Waals surface area contributed by atoms with E-state index in [1.807, 2.05) is 0 Å². The molecule has 0 aliphatic heterocycles. The van der Waals surface area contributed by atoms with Gasteiger partial charge in [-0.3, -0.25) is 9.35 Å². The van der Waals surface area contributed by atoms with Gasteiger partial charge in [0.25, 0.3) is 0 Å². The van der Waals surface area contributed by atoms with Crippen molar-refractivity contribution in [3.05, 3.63) is 12.4 Å². The van der Waals surface area contributed by atoms with Gasteiger partial charge < -0.3 is 14.4 Å². The predicted octanol–water partition coefficient (Wildman–Crippen LogP) is 3.44. The number of hydrogen-bond donors (Lipinski definition) is 1. The Morgan fingerprint density at radius 3 is 1.85 bits per heavy atom. The Morgan fingerprint density at radius 2 is 1.48 bits per heavy atom. The van der Waals surface area contributed by atoms with E-state index in [0.717, 1.165) is 0 Å². The molecule has 0 aromatic carbocycles. The van der Waals surface area contributed by atoms with Crippen LogP contribution in [0.4, 0.5) is 35.1 Å². The van der Waals surface area contributed by atoms with E-state index in [1.54, 1.807) is 0 Å². The molecule has 0 aromatic heterocycles. The number of unbranched alkanes of at least 4 members (excludes halogenated alkanes) is 1. The lowest BCUT2D eigenvalue weighted by molar-refractivity contribution is -0.350. The van der Waals surface area contributed by atoms with Crippen molar-refractivity contribution in [1.82, 2.24) is 4.90 Å². The minimum atomic E-state index is -6.51. The fourth-order valence-corrected chi connectivity index (χ4v) is 2.78. The van der Waals surface area contributed by atoms with E-state index in [0.29, 0.717) is 4.90 Å². The van der Waals surface area contributed by atoms with Gasteiger partial charge >= 0.3 is 45.1 Å². The van der Waals surface area contributed by atoms with Crippen LogP contribution in [0.2, 0.25) is 0 Å². The molecule has 0 aromatic rings. The molecule has 194 valence electrons. The van der Waals surface area contributed by atoms with Crippen LogP contribution in [-0.4, -0.2) is 72.6 Å². The van der Waals surface area contributed by atoms with E-state index in [1.165, 1.54) is 13.8 Å². The summed E-state index contributed by atoms with van der Waals surface area (Å²) in [4.78, 5) is 24.4. The SMILES string of the molecule is C=C(F)C(=O)OC(OCCCCC(F)(F)C(F)(F)S(=O)(=O)O)(C(=O)N(CC)CC)C(F)(F)F. The molecule has 0 aliphatic carbocycles. The quantitative estimate of drug-likeness (QED) is 0.0984. The molecule has 33 heavy (non-hydrogen) atoms. The number of nitrogens with zero attached hydrogens (tertiary/aromatic N) is 1. The lowest BCUT2D eigenvalue weighted by Gasteiger charge is -2.36. The zero-order chi connectivity index (χ0) is 26.5. The summed E-state index contributed by atoms with van der Waals surface area (Å²) in [7, 11) is -6.51. The van der Waals surface area contributed by atoms with E-state index in [-0.39, 0.29) is 13.1 Å². The van der Waals surface area contributed by atoms with Gasteiger partial charge in [0.05, 0.1) is 6.61 Å². The van der Waals surface area contributed by atoms with Crippen LogP contribution in [0.3, 0.4) is 0 Å². The lowest BCUT2D eigenvalue weighted by atomic mass is 10.1. The standard InChI is InChI=1S/C16H21F8NO7S/c1-4-25(5-2)12(27)14(15(20,21)22,32-11(26)10(3)17)31-9-7-6-8-13(18,19)16(23,24)33(28,29)30/h3-9H2,1-2H3,(H,28,29,30). The smallest absolute Gasteiger partial charge is 0.410 e. The highest BCUT2D eigenvalue weighted by atomic mass is 32.2. The molecule has 8 nitrogen and oxygen atoms in total. The van der Waals surface area contributed by atoms with Gasteiger partial charge in [0, 0.05) is 19.5 Å². The van der Waals surface area contributed by atoms with Crippen molar-refractivity contribution >= 4 is 22.0 Å². The van der Waals surface area contributed by atoms with Crippen molar-refractivity contribution < 1.29 is 67.2 Å².